The fourth-order valence-corrected chi connectivity index (χ4v) is 3.92. The number of rotatable bonds is 4. The predicted molar refractivity (Wildman–Crippen MR) is 91.3 cm³/mol. The molecule has 0 amide bonds. The van der Waals surface area contributed by atoms with Gasteiger partial charge in [0.1, 0.15) is 0 Å². The van der Waals surface area contributed by atoms with Crippen LogP contribution in [0.2, 0.25) is 0 Å². The summed E-state index contributed by atoms with van der Waals surface area (Å²) in [6, 6.07) is 12.1. The first-order chi connectivity index (χ1) is 9.82. The number of nitrogen functional groups attached to an aromatic ring is 1. The third-order valence-corrected chi connectivity index (χ3v) is 6.29. The first-order valence-corrected chi connectivity index (χ1v) is 9.10. The molecule has 4 nitrogen and oxygen atoms in total. The smallest absolute Gasteiger partial charge is 0.243 e. The van der Waals surface area contributed by atoms with Crippen LogP contribution in [-0.2, 0) is 16.6 Å². The lowest BCUT2D eigenvalue weighted by Gasteiger charge is -2.18. The van der Waals surface area contributed by atoms with E-state index in [1.165, 1.54) is 16.4 Å². The van der Waals surface area contributed by atoms with Gasteiger partial charge in [-0.2, -0.15) is 4.31 Å². The van der Waals surface area contributed by atoms with Crippen molar-refractivity contribution in [3.63, 3.8) is 0 Å². The largest absolute Gasteiger partial charge is 0.398 e. The molecule has 112 valence electrons. The van der Waals surface area contributed by atoms with Crippen LogP contribution in [0, 0.1) is 0 Å². The van der Waals surface area contributed by atoms with Gasteiger partial charge in [-0.25, -0.2) is 8.42 Å². The van der Waals surface area contributed by atoms with E-state index in [2.05, 4.69) is 31.9 Å². The maximum atomic E-state index is 12.6. The van der Waals surface area contributed by atoms with Crippen LogP contribution >= 0.6 is 31.9 Å². The highest BCUT2D eigenvalue weighted by Gasteiger charge is 2.22. The Bertz CT molecular complexity index is 763. The average Bonchev–Trinajstić information content (AvgIpc) is 2.44. The second-order valence-corrected chi connectivity index (χ2v) is 8.29. The van der Waals surface area contributed by atoms with Crippen LogP contribution in [0.4, 0.5) is 5.69 Å². The summed E-state index contributed by atoms with van der Waals surface area (Å²) in [6.07, 6.45) is 0. The van der Waals surface area contributed by atoms with Gasteiger partial charge in [0.2, 0.25) is 10.0 Å². The zero-order valence-electron chi connectivity index (χ0n) is 11.3. The maximum Gasteiger partial charge on any atom is 0.243 e. The number of anilines is 1. The van der Waals surface area contributed by atoms with Crippen LogP contribution in [0.25, 0.3) is 0 Å². The highest BCUT2D eigenvalue weighted by molar-refractivity contribution is 9.10. The Morgan fingerprint density at radius 3 is 2.38 bits per heavy atom. The van der Waals surface area contributed by atoms with Crippen molar-refractivity contribution >= 4 is 47.6 Å². The molecule has 0 saturated heterocycles. The first-order valence-electron chi connectivity index (χ1n) is 6.07. The van der Waals surface area contributed by atoms with Gasteiger partial charge in [0.05, 0.1) is 4.90 Å². The maximum absolute atomic E-state index is 12.6. The lowest BCUT2D eigenvalue weighted by atomic mass is 10.2. The van der Waals surface area contributed by atoms with E-state index in [0.29, 0.717) is 10.2 Å². The van der Waals surface area contributed by atoms with E-state index < -0.39 is 10.0 Å². The number of nitrogens with two attached hydrogens (primary N) is 1. The van der Waals surface area contributed by atoms with Gasteiger partial charge in [0, 0.05) is 28.2 Å². The van der Waals surface area contributed by atoms with Gasteiger partial charge in [-0.1, -0.05) is 34.1 Å². The molecule has 0 spiro atoms. The molecule has 0 saturated carbocycles. The molecule has 0 fully saturated rings. The van der Waals surface area contributed by atoms with Crippen molar-refractivity contribution in [3.8, 4) is 0 Å². The Morgan fingerprint density at radius 2 is 1.76 bits per heavy atom. The normalized spacial score (nSPS) is 11.8. The summed E-state index contributed by atoms with van der Waals surface area (Å²) < 4.78 is 27.9. The molecule has 0 unspecified atom stereocenters. The molecular formula is C14H14Br2N2O2S. The molecule has 0 heterocycles. The highest BCUT2D eigenvalue weighted by atomic mass is 79.9. The molecule has 0 aliphatic heterocycles. The fourth-order valence-electron chi connectivity index (χ4n) is 1.80. The van der Waals surface area contributed by atoms with Crippen molar-refractivity contribution in [2.45, 2.75) is 11.4 Å². The van der Waals surface area contributed by atoms with E-state index in [9.17, 15) is 8.42 Å². The number of hydrogen-bond donors (Lipinski definition) is 1. The molecule has 21 heavy (non-hydrogen) atoms. The molecule has 2 aromatic rings. The summed E-state index contributed by atoms with van der Waals surface area (Å²) in [6.45, 7) is 0.283. The van der Waals surface area contributed by atoms with Crippen LogP contribution in [0.5, 0.6) is 0 Å². The van der Waals surface area contributed by atoms with E-state index in [0.717, 1.165) is 10.0 Å². The molecule has 0 aliphatic carbocycles. The fraction of sp³-hybridized carbons (Fsp3) is 0.143. The Balaban J connectivity index is 2.30. The van der Waals surface area contributed by atoms with Crippen LogP contribution in [-0.4, -0.2) is 19.8 Å². The summed E-state index contributed by atoms with van der Waals surface area (Å²) >= 11 is 6.67. The van der Waals surface area contributed by atoms with Gasteiger partial charge >= 0.3 is 0 Å². The van der Waals surface area contributed by atoms with Crippen LogP contribution in [0.3, 0.4) is 0 Å². The Labute approximate surface area is 141 Å². The summed E-state index contributed by atoms with van der Waals surface area (Å²) in [5.41, 5.74) is 7.09. The molecule has 0 bridgehead atoms. The standard InChI is InChI=1S/C14H14Br2N2O2S/c1-18(9-10-4-2-3-5-12(10)15)21(19,20)11-6-7-14(17)13(16)8-11/h2-8H,9,17H2,1H3. The Kier molecular flexibility index (Phi) is 5.08. The monoisotopic (exact) mass is 432 g/mol. The van der Waals surface area contributed by atoms with E-state index in [1.54, 1.807) is 13.1 Å². The first kappa shape index (κ1) is 16.5. The number of sulfonamides is 1. The molecule has 0 aromatic heterocycles. The van der Waals surface area contributed by atoms with Crippen LogP contribution in [0.1, 0.15) is 5.56 Å². The van der Waals surface area contributed by atoms with E-state index in [1.807, 2.05) is 24.3 Å². The molecule has 0 aliphatic rings. The molecule has 2 N–H and O–H groups in total. The lowest BCUT2D eigenvalue weighted by molar-refractivity contribution is 0.466. The van der Waals surface area contributed by atoms with Gasteiger partial charge in [0.15, 0.2) is 0 Å². The molecule has 2 aromatic carbocycles. The molecule has 7 heteroatoms. The van der Waals surface area contributed by atoms with Crippen molar-refractivity contribution in [2.24, 2.45) is 0 Å². The third-order valence-electron chi connectivity index (χ3n) is 3.03. The van der Waals surface area contributed by atoms with Gasteiger partial charge in [-0.05, 0) is 45.8 Å². The minimum atomic E-state index is -3.57. The summed E-state index contributed by atoms with van der Waals surface area (Å²) in [5, 5.41) is 0. The van der Waals surface area contributed by atoms with Crippen LogP contribution < -0.4 is 5.73 Å². The zero-order chi connectivity index (χ0) is 15.6. The summed E-state index contributed by atoms with van der Waals surface area (Å²) in [5.74, 6) is 0. The molecular weight excluding hydrogens is 420 g/mol. The van der Waals surface area contributed by atoms with Crippen molar-refractivity contribution in [1.82, 2.24) is 4.31 Å². The van der Waals surface area contributed by atoms with Gasteiger partial charge in [-0.3, -0.25) is 0 Å². The van der Waals surface area contributed by atoms with E-state index >= 15 is 0 Å². The van der Waals surface area contributed by atoms with Gasteiger partial charge < -0.3 is 5.73 Å². The number of nitrogens with zero attached hydrogens (tertiary/aromatic N) is 1. The predicted octanol–water partition coefficient (Wildman–Crippen LogP) is 3.61. The van der Waals surface area contributed by atoms with Crippen molar-refractivity contribution in [3.05, 3.63) is 57.0 Å². The lowest BCUT2D eigenvalue weighted by Crippen LogP contribution is -2.26. The summed E-state index contributed by atoms with van der Waals surface area (Å²) in [7, 11) is -2.01. The summed E-state index contributed by atoms with van der Waals surface area (Å²) in [4.78, 5) is 0.207. The molecule has 0 atom stereocenters. The number of benzene rings is 2. The number of hydrogen-bond acceptors (Lipinski definition) is 3. The van der Waals surface area contributed by atoms with Gasteiger partial charge in [0.25, 0.3) is 0 Å². The Hall–Kier alpha value is -0.890. The minimum Gasteiger partial charge on any atom is -0.398 e. The van der Waals surface area contributed by atoms with Crippen LogP contribution in [0.15, 0.2) is 56.3 Å². The van der Waals surface area contributed by atoms with Crippen molar-refractivity contribution < 1.29 is 8.42 Å². The second kappa shape index (κ2) is 6.48. The SMILES string of the molecule is CN(Cc1ccccc1Br)S(=O)(=O)c1ccc(N)c(Br)c1. The second-order valence-electron chi connectivity index (χ2n) is 4.54. The van der Waals surface area contributed by atoms with Crippen molar-refractivity contribution in [2.75, 3.05) is 12.8 Å². The van der Waals surface area contributed by atoms with Gasteiger partial charge in [-0.15, -0.1) is 0 Å². The topological polar surface area (TPSA) is 63.4 Å². The molecule has 0 radical (unpaired) electrons. The average molecular weight is 434 g/mol. The highest BCUT2D eigenvalue weighted by Crippen LogP contribution is 2.26. The van der Waals surface area contributed by atoms with E-state index in [4.69, 9.17) is 5.73 Å². The van der Waals surface area contributed by atoms with Crippen molar-refractivity contribution in [1.29, 1.82) is 0 Å². The molecule has 2 rings (SSSR count). The Morgan fingerprint density at radius 1 is 1.10 bits per heavy atom. The third kappa shape index (κ3) is 3.66. The van der Waals surface area contributed by atoms with E-state index in [-0.39, 0.29) is 11.4 Å². The quantitative estimate of drug-likeness (QED) is 0.749. The minimum absolute atomic E-state index is 0.207. The number of halogens is 2. The zero-order valence-corrected chi connectivity index (χ0v) is 15.2.